The lowest BCUT2D eigenvalue weighted by Gasteiger charge is -2.24. The molecule has 0 saturated heterocycles. The first-order valence-corrected chi connectivity index (χ1v) is 5.00. The minimum absolute atomic E-state index is 0.00657. The van der Waals surface area contributed by atoms with E-state index >= 15 is 0 Å². The maximum absolute atomic E-state index is 5.82. The van der Waals surface area contributed by atoms with Crippen LogP contribution in [0.15, 0.2) is 12.4 Å². The zero-order valence-electron chi connectivity index (χ0n) is 9.57. The van der Waals surface area contributed by atoms with Crippen molar-refractivity contribution < 1.29 is 0 Å². The zero-order valence-corrected chi connectivity index (χ0v) is 9.57. The molecule has 4 nitrogen and oxygen atoms in total. The van der Waals surface area contributed by atoms with Gasteiger partial charge in [-0.3, -0.25) is 0 Å². The Kier molecular flexibility index (Phi) is 1.96. The van der Waals surface area contributed by atoms with Crippen molar-refractivity contribution in [3.8, 4) is 0 Å². The van der Waals surface area contributed by atoms with Crippen LogP contribution in [0.4, 0.5) is 5.82 Å². The fourth-order valence-corrected chi connectivity index (χ4v) is 2.00. The molecule has 0 atom stereocenters. The SMILES string of the molecule is Cc1cc2c(N)ncnc2n1C(C)(C)C. The van der Waals surface area contributed by atoms with Crippen LogP contribution in [0.25, 0.3) is 11.0 Å². The lowest BCUT2D eigenvalue weighted by molar-refractivity contribution is 0.401. The average molecular weight is 204 g/mol. The maximum atomic E-state index is 5.82. The summed E-state index contributed by atoms with van der Waals surface area (Å²) in [4.78, 5) is 8.30. The largest absolute Gasteiger partial charge is 0.383 e. The van der Waals surface area contributed by atoms with Crippen molar-refractivity contribution in [1.82, 2.24) is 14.5 Å². The number of nitrogen functional groups attached to an aromatic ring is 1. The first kappa shape index (κ1) is 9.96. The molecule has 0 aromatic carbocycles. The van der Waals surface area contributed by atoms with Crippen molar-refractivity contribution in [2.45, 2.75) is 33.2 Å². The second kappa shape index (κ2) is 2.95. The van der Waals surface area contributed by atoms with E-state index in [1.165, 1.54) is 6.33 Å². The van der Waals surface area contributed by atoms with Gasteiger partial charge in [-0.1, -0.05) is 0 Å². The van der Waals surface area contributed by atoms with Crippen molar-refractivity contribution in [3.63, 3.8) is 0 Å². The van der Waals surface area contributed by atoms with E-state index in [4.69, 9.17) is 5.73 Å². The third-order valence-corrected chi connectivity index (χ3v) is 2.48. The lowest BCUT2D eigenvalue weighted by Crippen LogP contribution is -2.23. The Morgan fingerprint density at radius 2 is 1.93 bits per heavy atom. The molecule has 0 aliphatic heterocycles. The molecule has 0 aliphatic carbocycles. The molecule has 0 unspecified atom stereocenters. The van der Waals surface area contributed by atoms with Gasteiger partial charge in [0.05, 0.1) is 5.39 Å². The molecule has 2 N–H and O–H groups in total. The number of anilines is 1. The Bertz CT molecular complexity index is 505. The number of nitrogens with two attached hydrogens (primary N) is 1. The van der Waals surface area contributed by atoms with Crippen LogP contribution < -0.4 is 5.73 Å². The van der Waals surface area contributed by atoms with E-state index in [-0.39, 0.29) is 5.54 Å². The summed E-state index contributed by atoms with van der Waals surface area (Å²) in [7, 11) is 0. The molecule has 0 fully saturated rings. The van der Waals surface area contributed by atoms with E-state index in [9.17, 15) is 0 Å². The van der Waals surface area contributed by atoms with Gasteiger partial charge in [-0.15, -0.1) is 0 Å². The van der Waals surface area contributed by atoms with E-state index in [1.54, 1.807) is 0 Å². The van der Waals surface area contributed by atoms with E-state index in [1.807, 2.05) is 6.07 Å². The Labute approximate surface area is 89.1 Å². The van der Waals surface area contributed by atoms with Crippen molar-refractivity contribution in [2.75, 3.05) is 5.73 Å². The molecule has 2 aromatic rings. The fourth-order valence-electron chi connectivity index (χ4n) is 2.00. The number of fused-ring (bicyclic) bond motifs is 1. The Morgan fingerprint density at radius 1 is 1.27 bits per heavy atom. The van der Waals surface area contributed by atoms with Gasteiger partial charge in [0.15, 0.2) is 0 Å². The van der Waals surface area contributed by atoms with Gasteiger partial charge < -0.3 is 10.3 Å². The second-order valence-electron chi connectivity index (χ2n) is 4.79. The zero-order chi connectivity index (χ0) is 11.2. The number of hydrogen-bond donors (Lipinski definition) is 1. The normalized spacial score (nSPS) is 12.3. The summed E-state index contributed by atoms with van der Waals surface area (Å²) in [5, 5.41) is 0.935. The number of rotatable bonds is 0. The monoisotopic (exact) mass is 204 g/mol. The van der Waals surface area contributed by atoms with Crippen LogP contribution in [-0.2, 0) is 5.54 Å². The quantitative estimate of drug-likeness (QED) is 0.714. The molecule has 0 saturated carbocycles. The Hall–Kier alpha value is -1.58. The average Bonchev–Trinajstić information content (AvgIpc) is 2.41. The summed E-state index contributed by atoms with van der Waals surface area (Å²) in [5.41, 5.74) is 7.89. The summed E-state index contributed by atoms with van der Waals surface area (Å²) >= 11 is 0. The van der Waals surface area contributed by atoms with Gasteiger partial charge in [-0.05, 0) is 33.8 Å². The standard InChI is InChI=1S/C11H16N4/c1-7-5-8-9(12)13-6-14-10(8)15(7)11(2,3)4/h5-6H,1-4H3,(H2,12,13,14). The molecule has 0 spiro atoms. The maximum Gasteiger partial charge on any atom is 0.146 e. The molecular weight excluding hydrogens is 188 g/mol. The highest BCUT2D eigenvalue weighted by Gasteiger charge is 2.19. The van der Waals surface area contributed by atoms with Gasteiger partial charge in [0.2, 0.25) is 0 Å². The van der Waals surface area contributed by atoms with Gasteiger partial charge in [-0.25, -0.2) is 9.97 Å². The summed E-state index contributed by atoms with van der Waals surface area (Å²) in [6.07, 6.45) is 1.51. The summed E-state index contributed by atoms with van der Waals surface area (Å²) in [6, 6.07) is 2.04. The third-order valence-electron chi connectivity index (χ3n) is 2.48. The van der Waals surface area contributed by atoms with Gasteiger partial charge in [0.25, 0.3) is 0 Å². The molecule has 2 rings (SSSR count). The predicted octanol–water partition coefficient (Wildman–Crippen LogP) is 2.08. The van der Waals surface area contributed by atoms with Gasteiger partial charge in [0, 0.05) is 11.2 Å². The molecule has 15 heavy (non-hydrogen) atoms. The molecule has 0 bridgehead atoms. The minimum Gasteiger partial charge on any atom is -0.383 e. The molecule has 4 heteroatoms. The lowest BCUT2D eigenvalue weighted by atomic mass is 10.1. The van der Waals surface area contributed by atoms with E-state index < -0.39 is 0 Å². The highest BCUT2D eigenvalue weighted by Crippen LogP contribution is 2.27. The smallest absolute Gasteiger partial charge is 0.146 e. The Balaban J connectivity index is 2.86. The van der Waals surface area contributed by atoms with Crippen LogP contribution >= 0.6 is 0 Å². The topological polar surface area (TPSA) is 56.7 Å². The Morgan fingerprint density at radius 3 is 2.53 bits per heavy atom. The number of aromatic nitrogens is 3. The minimum atomic E-state index is 0.00657. The van der Waals surface area contributed by atoms with Crippen LogP contribution in [0.5, 0.6) is 0 Å². The molecule has 80 valence electrons. The van der Waals surface area contributed by atoms with Gasteiger partial charge >= 0.3 is 0 Å². The molecule has 0 amide bonds. The predicted molar refractivity (Wildman–Crippen MR) is 61.7 cm³/mol. The van der Waals surface area contributed by atoms with Crippen molar-refractivity contribution in [1.29, 1.82) is 0 Å². The van der Waals surface area contributed by atoms with Crippen molar-refractivity contribution in [2.24, 2.45) is 0 Å². The number of aryl methyl sites for hydroxylation is 1. The van der Waals surface area contributed by atoms with Crippen LogP contribution in [0, 0.1) is 6.92 Å². The van der Waals surface area contributed by atoms with Gasteiger partial charge in [-0.2, -0.15) is 0 Å². The van der Waals surface area contributed by atoms with Crippen LogP contribution in [-0.4, -0.2) is 14.5 Å². The molecular formula is C11H16N4. The first-order chi connectivity index (χ1) is 6.91. The number of nitrogens with zero attached hydrogens (tertiary/aromatic N) is 3. The van der Waals surface area contributed by atoms with E-state index in [0.29, 0.717) is 5.82 Å². The summed E-state index contributed by atoms with van der Waals surface area (Å²) in [6.45, 7) is 8.51. The van der Waals surface area contributed by atoms with Crippen LogP contribution in [0.3, 0.4) is 0 Å². The molecule has 2 aromatic heterocycles. The molecule has 0 radical (unpaired) electrons. The van der Waals surface area contributed by atoms with Crippen LogP contribution in [0.1, 0.15) is 26.5 Å². The second-order valence-corrected chi connectivity index (χ2v) is 4.79. The van der Waals surface area contributed by atoms with Crippen molar-refractivity contribution in [3.05, 3.63) is 18.1 Å². The van der Waals surface area contributed by atoms with E-state index in [0.717, 1.165) is 16.7 Å². The summed E-state index contributed by atoms with van der Waals surface area (Å²) < 4.78 is 2.18. The van der Waals surface area contributed by atoms with E-state index in [2.05, 4.69) is 42.2 Å². The first-order valence-electron chi connectivity index (χ1n) is 5.00. The molecule has 2 heterocycles. The molecule has 0 aliphatic rings. The fraction of sp³-hybridized carbons (Fsp3) is 0.455. The third kappa shape index (κ3) is 1.46. The number of hydrogen-bond acceptors (Lipinski definition) is 3. The summed E-state index contributed by atoms with van der Waals surface area (Å²) in [5.74, 6) is 0.547. The van der Waals surface area contributed by atoms with Crippen molar-refractivity contribution >= 4 is 16.9 Å². The highest BCUT2D eigenvalue weighted by atomic mass is 15.1. The van der Waals surface area contributed by atoms with Gasteiger partial charge in [0.1, 0.15) is 17.8 Å². The highest BCUT2D eigenvalue weighted by molar-refractivity contribution is 5.87. The van der Waals surface area contributed by atoms with Crippen LogP contribution in [0.2, 0.25) is 0 Å².